The molecule has 8 heteroatoms. The first-order valence-corrected chi connectivity index (χ1v) is 11.8. The molecular formula is C17H23O7Ti. The molecule has 0 rings (SSSR count). The van der Waals surface area contributed by atoms with Crippen molar-refractivity contribution in [2.75, 3.05) is 0 Å². The summed E-state index contributed by atoms with van der Waals surface area (Å²) in [4.78, 5) is 50.2. The van der Waals surface area contributed by atoms with Crippen molar-refractivity contribution in [2.45, 2.75) is 31.9 Å². The molecule has 0 saturated heterocycles. The van der Waals surface area contributed by atoms with Gasteiger partial charge in [-0.3, -0.25) is 0 Å². The zero-order valence-corrected chi connectivity index (χ0v) is 16.5. The van der Waals surface area contributed by atoms with Crippen LogP contribution in [0.4, 0.5) is 0 Å². The van der Waals surface area contributed by atoms with Crippen LogP contribution in [0.5, 0.6) is 0 Å². The third kappa shape index (κ3) is 2.94. The number of allylic oxidation sites excluding steroid dienone is 2. The Morgan fingerprint density at radius 2 is 1.12 bits per heavy atom. The second-order valence-corrected chi connectivity index (χ2v) is 15.2. The van der Waals surface area contributed by atoms with Gasteiger partial charge in [-0.1, -0.05) is 0 Å². The molecule has 137 valence electrons. The Balaban J connectivity index is 7.72. The van der Waals surface area contributed by atoms with Crippen LogP contribution >= 0.6 is 0 Å². The summed E-state index contributed by atoms with van der Waals surface area (Å²) in [5.74, 6) is -2.73. The third-order valence-corrected chi connectivity index (χ3v) is 14.9. The Morgan fingerprint density at radius 1 is 0.840 bits per heavy atom. The molecule has 0 bridgehead atoms. The van der Waals surface area contributed by atoms with Crippen LogP contribution in [0.15, 0.2) is 49.6 Å². The summed E-state index contributed by atoms with van der Waals surface area (Å²) >= 11 is -8.07. The standard InChI is InChI=1S/2C4H5O.2C3H4O2.C3H7.O.Ti/c2*1-4(2)3-5;2*1-2-3(4)5;1-3-2;;/h2*1H2,2H3;2*2H,1H2,(H,4,5);3H,1-2H3;;/q;;;;;;+2/p-2. The zero-order valence-electron chi connectivity index (χ0n) is 14.9. The first-order chi connectivity index (χ1) is 11.2. The predicted octanol–water partition coefficient (Wildman–Crippen LogP) is 2.88. The van der Waals surface area contributed by atoms with Crippen molar-refractivity contribution in [1.82, 2.24) is 0 Å². The van der Waals surface area contributed by atoms with Crippen LogP contribution < -0.4 is 0 Å². The quantitative estimate of drug-likeness (QED) is 0.443. The topological polar surface area (TPSA) is 104 Å². The van der Waals surface area contributed by atoms with E-state index in [-0.39, 0.29) is 0 Å². The van der Waals surface area contributed by atoms with Gasteiger partial charge >= 0.3 is 146 Å². The van der Waals surface area contributed by atoms with E-state index < -0.39 is 50.3 Å². The van der Waals surface area contributed by atoms with E-state index in [4.69, 9.17) is 6.64 Å². The van der Waals surface area contributed by atoms with Gasteiger partial charge in [0.25, 0.3) is 0 Å². The zero-order chi connectivity index (χ0) is 20.3. The van der Waals surface area contributed by atoms with Crippen LogP contribution in [-0.4, -0.2) is 20.1 Å². The summed E-state index contributed by atoms with van der Waals surface area (Å²) in [6.45, 7) is 17.7. The fraction of sp³-hybridized carbons (Fsp3) is 0.294. The van der Waals surface area contributed by atoms with E-state index in [9.17, 15) is 22.5 Å². The molecule has 0 unspecified atom stereocenters. The Bertz CT molecular complexity index is 751. The van der Waals surface area contributed by atoms with Crippen molar-refractivity contribution in [1.29, 1.82) is 0 Å². The number of hydrogen-bond donors (Lipinski definition) is 0. The molecule has 25 heavy (non-hydrogen) atoms. The van der Waals surface area contributed by atoms with Crippen molar-refractivity contribution in [3.8, 4) is 0 Å². The van der Waals surface area contributed by atoms with Gasteiger partial charge < -0.3 is 0 Å². The number of carbonyl (C=O) groups excluding carboxylic acids is 4. The van der Waals surface area contributed by atoms with Crippen molar-refractivity contribution in [2.24, 2.45) is 0 Å². The molecule has 7 nitrogen and oxygen atoms in total. The van der Waals surface area contributed by atoms with Crippen molar-refractivity contribution in [3.63, 3.8) is 0 Å². The van der Waals surface area contributed by atoms with E-state index in [0.717, 1.165) is 13.8 Å². The van der Waals surface area contributed by atoms with E-state index in [0.29, 0.717) is 12.2 Å². The molecule has 0 aliphatic rings. The molecule has 0 heterocycles. The molecule has 0 fully saturated rings. The molecular weight excluding hydrogens is 364 g/mol. The van der Waals surface area contributed by atoms with Gasteiger partial charge in [0.05, 0.1) is 0 Å². The van der Waals surface area contributed by atoms with E-state index in [1.165, 1.54) is 13.8 Å². The summed E-state index contributed by atoms with van der Waals surface area (Å²) < 4.78 is 20.2. The number of carbonyl (C=O) groups is 4. The molecule has 0 aromatic carbocycles. The predicted molar refractivity (Wildman–Crippen MR) is 88.0 cm³/mol. The van der Waals surface area contributed by atoms with Crippen LogP contribution in [0.3, 0.4) is 0 Å². The van der Waals surface area contributed by atoms with E-state index >= 15 is 0 Å². The van der Waals surface area contributed by atoms with Crippen LogP contribution in [-0.2, 0) is 43.9 Å². The van der Waals surface area contributed by atoms with E-state index in [1.54, 1.807) is 0 Å². The summed E-state index contributed by atoms with van der Waals surface area (Å²) in [7, 11) is 0. The van der Waals surface area contributed by atoms with Crippen molar-refractivity contribution in [3.05, 3.63) is 49.6 Å². The van der Waals surface area contributed by atoms with Gasteiger partial charge in [-0.05, 0) is 0 Å². The Labute approximate surface area is 145 Å². The normalized spacial score (nSPS) is 13.6. The molecule has 0 atom stereocenters. The molecule has 0 N–H and O–H groups in total. The monoisotopic (exact) mass is 387 g/mol. The number of hydrogen-bond acceptors (Lipinski definition) is 7. The minimum absolute atomic E-state index is 0.392. The fourth-order valence-corrected chi connectivity index (χ4v) is 10.8. The van der Waals surface area contributed by atoms with Crippen LogP contribution in [0.1, 0.15) is 27.7 Å². The first-order valence-electron chi connectivity index (χ1n) is 7.38. The Kier molecular flexibility index (Phi) is 5.98. The summed E-state index contributed by atoms with van der Waals surface area (Å²) in [6.07, 6.45) is 1.20. The van der Waals surface area contributed by atoms with Crippen molar-refractivity contribution < 1.29 is 43.9 Å². The molecule has 0 aliphatic heterocycles. The van der Waals surface area contributed by atoms with Crippen LogP contribution in [0.2, 0.25) is 4.22 Å². The molecule has 0 radical (unpaired) electrons. The van der Waals surface area contributed by atoms with Gasteiger partial charge in [0.2, 0.25) is 0 Å². The fourth-order valence-electron chi connectivity index (χ4n) is 2.62. The molecule has 0 spiro atoms. The second kappa shape index (κ2) is 6.57. The Morgan fingerprint density at radius 3 is 1.28 bits per heavy atom. The van der Waals surface area contributed by atoms with Crippen molar-refractivity contribution >= 4 is 20.1 Å². The van der Waals surface area contributed by atoms with Gasteiger partial charge in [0.15, 0.2) is 0 Å². The average Bonchev–Trinajstić information content (AvgIpc) is 2.52. The first kappa shape index (κ1) is 22.8. The van der Waals surface area contributed by atoms with Crippen LogP contribution in [0.25, 0.3) is 0 Å². The molecule has 0 aromatic rings. The summed E-state index contributed by atoms with van der Waals surface area (Å²) in [6, 6.07) is 0. The third-order valence-electron chi connectivity index (χ3n) is 4.13. The van der Waals surface area contributed by atoms with Gasteiger partial charge in [0.1, 0.15) is 0 Å². The SMILES string of the molecule is C=CC(=O)[O][Ti](=[O])([O]C(=O)C=C)([C](=O)C(=C)C)([C](=O)C(=C)C)[CH](C)C. The number of rotatable bonds is 9. The summed E-state index contributed by atoms with van der Waals surface area (Å²) in [5, 5.41) is 0. The van der Waals surface area contributed by atoms with Gasteiger partial charge in [-0.2, -0.15) is 0 Å². The molecule has 0 saturated carbocycles. The van der Waals surface area contributed by atoms with Crippen LogP contribution in [0, 0.1) is 0 Å². The van der Waals surface area contributed by atoms with Gasteiger partial charge in [-0.15, -0.1) is 0 Å². The minimum atomic E-state index is -8.07. The molecule has 0 aromatic heterocycles. The maximum absolute atomic E-state index is 14.6. The summed E-state index contributed by atoms with van der Waals surface area (Å²) in [5.41, 5.74) is -0.783. The van der Waals surface area contributed by atoms with Gasteiger partial charge in [-0.25, -0.2) is 0 Å². The van der Waals surface area contributed by atoms with E-state index in [1.807, 2.05) is 0 Å². The van der Waals surface area contributed by atoms with E-state index in [2.05, 4.69) is 26.3 Å². The van der Waals surface area contributed by atoms with Gasteiger partial charge in [0, 0.05) is 0 Å². The second-order valence-electron chi connectivity index (χ2n) is 6.25. The molecule has 0 aliphatic carbocycles. The molecule has 0 amide bonds. The Hall–Kier alpha value is -2.25. The maximum atomic E-state index is 14.6. The average molecular weight is 387 g/mol.